The van der Waals surface area contributed by atoms with E-state index in [-0.39, 0.29) is 5.75 Å². The Morgan fingerprint density at radius 1 is 1.42 bits per heavy atom. The maximum atomic E-state index is 12.0. The Bertz CT molecular complexity index is 597. The minimum atomic E-state index is -3.04. The zero-order chi connectivity index (χ0) is 13.6. The molecule has 0 amide bonds. The number of likely N-dealkylation sites (tertiary alicyclic amines) is 1. The zero-order valence-corrected chi connectivity index (χ0v) is 12.0. The number of hydrogen-bond acceptors (Lipinski definition) is 4. The van der Waals surface area contributed by atoms with Gasteiger partial charge in [-0.15, -0.1) is 0 Å². The van der Waals surface area contributed by atoms with Crippen LogP contribution in [0.3, 0.4) is 0 Å². The monoisotopic (exact) mass is 280 g/mol. The Morgan fingerprint density at radius 2 is 2.21 bits per heavy atom. The lowest BCUT2D eigenvalue weighted by Gasteiger charge is -2.22. The molecule has 19 heavy (non-hydrogen) atoms. The van der Waals surface area contributed by atoms with Crippen LogP contribution in [0.15, 0.2) is 23.1 Å². The number of nitrogens with two attached hydrogens (primary N) is 1. The Labute approximate surface area is 114 Å². The summed E-state index contributed by atoms with van der Waals surface area (Å²) in [7, 11) is -0.937. The Hall–Kier alpha value is -0.910. The Kier molecular flexibility index (Phi) is 3.15. The van der Waals surface area contributed by atoms with Crippen molar-refractivity contribution in [2.45, 2.75) is 23.8 Å². The number of fused-ring (bicyclic) bond motifs is 1. The summed E-state index contributed by atoms with van der Waals surface area (Å²) in [5.41, 5.74) is 8.00. The van der Waals surface area contributed by atoms with Gasteiger partial charge >= 0.3 is 0 Å². The van der Waals surface area contributed by atoms with Gasteiger partial charge in [-0.25, -0.2) is 8.42 Å². The van der Waals surface area contributed by atoms with Crippen molar-refractivity contribution < 1.29 is 8.42 Å². The van der Waals surface area contributed by atoms with E-state index in [1.807, 2.05) is 6.07 Å². The van der Waals surface area contributed by atoms with E-state index in [0.717, 1.165) is 18.5 Å². The molecule has 5 heteroatoms. The Morgan fingerprint density at radius 3 is 2.89 bits per heavy atom. The van der Waals surface area contributed by atoms with Crippen LogP contribution in [0.1, 0.15) is 23.6 Å². The van der Waals surface area contributed by atoms with Gasteiger partial charge in [-0.2, -0.15) is 0 Å². The average molecular weight is 280 g/mol. The van der Waals surface area contributed by atoms with Gasteiger partial charge in [0, 0.05) is 12.6 Å². The van der Waals surface area contributed by atoms with Crippen molar-refractivity contribution in [1.82, 2.24) is 4.90 Å². The highest BCUT2D eigenvalue weighted by Crippen LogP contribution is 2.39. The van der Waals surface area contributed by atoms with Crippen LogP contribution in [0.5, 0.6) is 0 Å². The molecule has 0 aromatic heterocycles. The number of benzene rings is 1. The van der Waals surface area contributed by atoms with Gasteiger partial charge in [-0.1, -0.05) is 12.1 Å². The first-order chi connectivity index (χ1) is 9.03. The molecule has 1 aromatic rings. The maximum absolute atomic E-state index is 12.0. The van der Waals surface area contributed by atoms with E-state index in [0.29, 0.717) is 29.8 Å². The summed E-state index contributed by atoms with van der Waals surface area (Å²) < 4.78 is 24.0. The summed E-state index contributed by atoms with van der Waals surface area (Å²) in [4.78, 5) is 2.85. The molecule has 1 saturated heterocycles. The summed E-state index contributed by atoms with van der Waals surface area (Å²) in [5, 5.41) is 0. The van der Waals surface area contributed by atoms with Gasteiger partial charge in [0.25, 0.3) is 0 Å². The van der Waals surface area contributed by atoms with Crippen molar-refractivity contribution in [2.24, 2.45) is 11.7 Å². The van der Waals surface area contributed by atoms with Gasteiger partial charge in [0.05, 0.1) is 10.6 Å². The SMILES string of the molecule is CN1CC(CN)CC1c1cccc2c1CCS2(=O)=O. The van der Waals surface area contributed by atoms with Crippen molar-refractivity contribution in [3.05, 3.63) is 29.3 Å². The molecule has 4 nitrogen and oxygen atoms in total. The van der Waals surface area contributed by atoms with E-state index < -0.39 is 9.84 Å². The van der Waals surface area contributed by atoms with E-state index in [9.17, 15) is 8.42 Å². The van der Waals surface area contributed by atoms with E-state index in [2.05, 4.69) is 18.0 Å². The van der Waals surface area contributed by atoms with Crippen molar-refractivity contribution in [1.29, 1.82) is 0 Å². The summed E-state index contributed by atoms with van der Waals surface area (Å²) in [6.45, 7) is 1.70. The molecule has 0 radical (unpaired) electrons. The molecule has 3 rings (SSSR count). The quantitative estimate of drug-likeness (QED) is 0.877. The highest BCUT2D eigenvalue weighted by Gasteiger charge is 2.35. The smallest absolute Gasteiger partial charge is 0.178 e. The predicted octanol–water partition coefficient (Wildman–Crippen LogP) is 0.968. The highest BCUT2D eigenvalue weighted by molar-refractivity contribution is 7.91. The first-order valence-corrected chi connectivity index (χ1v) is 8.43. The third kappa shape index (κ3) is 2.10. The molecule has 0 aliphatic carbocycles. The van der Waals surface area contributed by atoms with Crippen molar-refractivity contribution in [2.75, 3.05) is 25.9 Å². The van der Waals surface area contributed by atoms with E-state index in [1.165, 1.54) is 5.56 Å². The highest BCUT2D eigenvalue weighted by atomic mass is 32.2. The van der Waals surface area contributed by atoms with Crippen LogP contribution in [-0.2, 0) is 16.3 Å². The number of rotatable bonds is 2. The number of sulfone groups is 1. The second kappa shape index (κ2) is 4.58. The molecule has 2 unspecified atom stereocenters. The van der Waals surface area contributed by atoms with Crippen LogP contribution >= 0.6 is 0 Å². The van der Waals surface area contributed by atoms with Crippen LogP contribution in [-0.4, -0.2) is 39.2 Å². The molecule has 0 bridgehead atoms. The Balaban J connectivity index is 2.02. The minimum Gasteiger partial charge on any atom is -0.330 e. The third-order valence-corrected chi connectivity index (χ3v) is 6.25. The van der Waals surface area contributed by atoms with Crippen molar-refractivity contribution in [3.63, 3.8) is 0 Å². The predicted molar refractivity (Wildman–Crippen MR) is 74.7 cm³/mol. The van der Waals surface area contributed by atoms with Gasteiger partial charge in [-0.05, 0) is 49.5 Å². The van der Waals surface area contributed by atoms with Gasteiger partial charge in [0.2, 0.25) is 0 Å². The fraction of sp³-hybridized carbons (Fsp3) is 0.571. The lowest BCUT2D eigenvalue weighted by Crippen LogP contribution is -2.21. The molecule has 104 valence electrons. The molecule has 0 saturated carbocycles. The first kappa shape index (κ1) is 13.1. The molecule has 1 fully saturated rings. The molecule has 2 atom stereocenters. The molecule has 2 N–H and O–H groups in total. The van der Waals surface area contributed by atoms with E-state index >= 15 is 0 Å². The molecular formula is C14H20N2O2S. The maximum Gasteiger partial charge on any atom is 0.178 e. The molecule has 2 heterocycles. The number of hydrogen-bond donors (Lipinski definition) is 1. The number of nitrogens with zero attached hydrogens (tertiary/aromatic N) is 1. The second-order valence-electron chi connectivity index (χ2n) is 5.69. The van der Waals surface area contributed by atoms with Crippen molar-refractivity contribution in [3.8, 4) is 0 Å². The molecule has 2 aliphatic heterocycles. The second-order valence-corrected chi connectivity index (χ2v) is 7.76. The summed E-state index contributed by atoms with van der Waals surface area (Å²) in [6, 6.07) is 6.02. The lowest BCUT2D eigenvalue weighted by molar-refractivity contribution is 0.312. The largest absolute Gasteiger partial charge is 0.330 e. The molecule has 0 spiro atoms. The van der Waals surface area contributed by atoms with Crippen LogP contribution in [0.4, 0.5) is 0 Å². The molecular weight excluding hydrogens is 260 g/mol. The van der Waals surface area contributed by atoms with Crippen LogP contribution < -0.4 is 5.73 Å². The zero-order valence-electron chi connectivity index (χ0n) is 11.2. The first-order valence-electron chi connectivity index (χ1n) is 6.78. The average Bonchev–Trinajstić information content (AvgIpc) is 2.90. The van der Waals surface area contributed by atoms with Gasteiger partial charge in [-0.3, -0.25) is 4.90 Å². The van der Waals surface area contributed by atoms with Crippen LogP contribution in [0.2, 0.25) is 0 Å². The normalized spacial score (nSPS) is 29.6. The van der Waals surface area contributed by atoms with Crippen molar-refractivity contribution >= 4 is 9.84 Å². The molecule has 1 aromatic carbocycles. The summed E-state index contributed by atoms with van der Waals surface area (Å²) in [6.07, 6.45) is 1.69. The standard InChI is InChI=1S/C14H20N2O2S/c1-16-9-10(8-15)7-13(16)11-3-2-4-14-12(11)5-6-19(14,17)18/h2-4,10,13H,5-9,15H2,1H3. The van der Waals surface area contributed by atoms with E-state index in [1.54, 1.807) is 6.07 Å². The van der Waals surface area contributed by atoms with Gasteiger partial charge in [0.1, 0.15) is 0 Å². The molecule has 2 aliphatic rings. The van der Waals surface area contributed by atoms with Gasteiger partial charge < -0.3 is 5.73 Å². The fourth-order valence-corrected chi connectivity index (χ4v) is 5.01. The van der Waals surface area contributed by atoms with Crippen LogP contribution in [0, 0.1) is 5.92 Å². The fourth-order valence-electron chi connectivity index (χ4n) is 3.44. The summed E-state index contributed by atoms with van der Waals surface area (Å²) >= 11 is 0. The summed E-state index contributed by atoms with van der Waals surface area (Å²) in [5.74, 6) is 0.777. The lowest BCUT2D eigenvalue weighted by atomic mass is 9.94. The topological polar surface area (TPSA) is 63.4 Å². The van der Waals surface area contributed by atoms with Crippen LogP contribution in [0.25, 0.3) is 0 Å². The minimum absolute atomic E-state index is 0.260. The third-order valence-electron chi connectivity index (χ3n) is 4.45. The van der Waals surface area contributed by atoms with Gasteiger partial charge in [0.15, 0.2) is 9.84 Å². The van der Waals surface area contributed by atoms with E-state index in [4.69, 9.17) is 5.73 Å².